The van der Waals surface area contributed by atoms with Crippen molar-refractivity contribution in [3.8, 4) is 17.2 Å². The normalized spacial score (nSPS) is 20.8. The Bertz CT molecular complexity index is 863. The zero-order valence-electron chi connectivity index (χ0n) is 20.8. The first kappa shape index (κ1) is 25.9. The molecule has 1 aromatic carbocycles. The van der Waals surface area contributed by atoms with Gasteiger partial charge in [-0.25, -0.2) is 4.79 Å². The maximum atomic E-state index is 14.1. The maximum absolute atomic E-state index is 14.1. The molecule has 0 radical (unpaired) electrons. The van der Waals surface area contributed by atoms with Gasteiger partial charge in [-0.1, -0.05) is 25.3 Å². The number of carbonyl (C=O) groups is 2. The molecule has 188 valence electrons. The summed E-state index contributed by atoms with van der Waals surface area (Å²) in [6.07, 6.45) is 9.52. The monoisotopic (exact) mass is 473 g/mol. The highest BCUT2D eigenvalue weighted by atomic mass is 16.5. The Hall–Kier alpha value is -2.70. The molecule has 1 N–H and O–H groups in total. The standard InChI is InChI=1S/C27H39NO6/c1-5-11-18(2)34-27(31)21-14-9-10-15-28(21)26(30)24(19-12-7-6-8-13-19)20-16-22(29)25(33-4)23(17-20)32-3/h5,16-19,21,24,29H,1,6-15H2,2-4H3/t18-,21+,24-/m0/s1. The summed E-state index contributed by atoms with van der Waals surface area (Å²) in [7, 11) is 2.98. The number of phenolic OH excluding ortho intramolecular Hbond substituents is 1. The third kappa shape index (κ3) is 5.86. The van der Waals surface area contributed by atoms with Crippen molar-refractivity contribution >= 4 is 11.9 Å². The van der Waals surface area contributed by atoms with Crippen LogP contribution in [0.1, 0.15) is 76.2 Å². The van der Waals surface area contributed by atoms with Crippen LogP contribution in [0.2, 0.25) is 0 Å². The molecule has 0 unspecified atom stereocenters. The number of methoxy groups -OCH3 is 2. The topological polar surface area (TPSA) is 85.3 Å². The third-order valence-electron chi connectivity index (χ3n) is 7.10. The fraction of sp³-hybridized carbons (Fsp3) is 0.630. The lowest BCUT2D eigenvalue weighted by atomic mass is 9.75. The number of amides is 1. The quantitative estimate of drug-likeness (QED) is 0.403. The Kier molecular flexibility index (Phi) is 9.25. The van der Waals surface area contributed by atoms with Crippen molar-refractivity contribution in [1.29, 1.82) is 0 Å². The second-order valence-corrected chi connectivity index (χ2v) is 9.47. The molecule has 3 rings (SSSR count). The molecule has 3 atom stereocenters. The molecule has 1 aliphatic heterocycles. The van der Waals surface area contributed by atoms with E-state index in [2.05, 4.69) is 6.58 Å². The van der Waals surface area contributed by atoms with Gasteiger partial charge < -0.3 is 24.2 Å². The molecule has 1 aliphatic carbocycles. The predicted molar refractivity (Wildman–Crippen MR) is 130 cm³/mol. The van der Waals surface area contributed by atoms with E-state index >= 15 is 0 Å². The Balaban J connectivity index is 1.95. The fourth-order valence-electron chi connectivity index (χ4n) is 5.41. The van der Waals surface area contributed by atoms with Crippen LogP contribution >= 0.6 is 0 Å². The number of rotatable bonds is 9. The van der Waals surface area contributed by atoms with E-state index in [0.29, 0.717) is 30.7 Å². The van der Waals surface area contributed by atoms with Crippen molar-refractivity contribution < 1.29 is 28.9 Å². The number of ether oxygens (including phenoxy) is 3. The van der Waals surface area contributed by atoms with Gasteiger partial charge in [0.2, 0.25) is 11.7 Å². The van der Waals surface area contributed by atoms with Gasteiger partial charge >= 0.3 is 5.97 Å². The molecule has 1 aromatic rings. The van der Waals surface area contributed by atoms with E-state index in [-0.39, 0.29) is 35.4 Å². The largest absolute Gasteiger partial charge is 0.504 e. The van der Waals surface area contributed by atoms with Crippen LogP contribution in [-0.4, -0.2) is 54.8 Å². The van der Waals surface area contributed by atoms with E-state index in [4.69, 9.17) is 14.2 Å². The maximum Gasteiger partial charge on any atom is 0.329 e. The number of benzene rings is 1. The van der Waals surface area contributed by atoms with Gasteiger partial charge in [0.15, 0.2) is 11.5 Å². The van der Waals surface area contributed by atoms with Crippen molar-refractivity contribution in [2.45, 2.75) is 82.8 Å². The van der Waals surface area contributed by atoms with Gasteiger partial charge in [0.05, 0.1) is 20.1 Å². The van der Waals surface area contributed by atoms with Crippen LogP contribution in [0.4, 0.5) is 0 Å². The van der Waals surface area contributed by atoms with E-state index in [1.54, 1.807) is 23.1 Å². The SMILES string of the molecule is C=CC[C@H](C)OC(=O)[C@H]1CCCCN1C(=O)[C@H](c1cc(O)c(OC)c(OC)c1)C1CCCCC1. The van der Waals surface area contributed by atoms with Crippen molar-refractivity contribution in [1.82, 2.24) is 4.90 Å². The molecule has 1 saturated heterocycles. The number of hydrogen-bond donors (Lipinski definition) is 1. The number of piperidine rings is 1. The number of nitrogens with zero attached hydrogens (tertiary/aromatic N) is 1. The number of likely N-dealkylation sites (tertiary alicyclic amines) is 1. The van der Waals surface area contributed by atoms with Crippen molar-refractivity contribution in [3.05, 3.63) is 30.4 Å². The van der Waals surface area contributed by atoms with Crippen LogP contribution in [-0.2, 0) is 14.3 Å². The summed E-state index contributed by atoms with van der Waals surface area (Å²) in [5.74, 6) is -0.174. The van der Waals surface area contributed by atoms with Crippen molar-refractivity contribution in [3.63, 3.8) is 0 Å². The van der Waals surface area contributed by atoms with E-state index in [1.165, 1.54) is 14.2 Å². The molecular formula is C27H39NO6. The third-order valence-corrected chi connectivity index (χ3v) is 7.10. The van der Waals surface area contributed by atoms with E-state index < -0.39 is 12.0 Å². The average molecular weight is 474 g/mol. The van der Waals surface area contributed by atoms with Gasteiger partial charge in [0, 0.05) is 13.0 Å². The summed E-state index contributed by atoms with van der Waals surface area (Å²) in [4.78, 5) is 28.9. The molecule has 2 fully saturated rings. The summed E-state index contributed by atoms with van der Waals surface area (Å²) in [6, 6.07) is 2.81. The van der Waals surface area contributed by atoms with Crippen molar-refractivity contribution in [2.75, 3.05) is 20.8 Å². The lowest BCUT2D eigenvalue weighted by molar-refractivity contribution is -0.161. The van der Waals surface area contributed by atoms with Crippen LogP contribution in [0.5, 0.6) is 17.2 Å². The Morgan fingerprint density at radius 2 is 1.82 bits per heavy atom. The van der Waals surface area contributed by atoms with Crippen LogP contribution in [0, 0.1) is 5.92 Å². The number of phenols is 1. The molecular weight excluding hydrogens is 434 g/mol. The number of carbonyl (C=O) groups excluding carboxylic acids is 2. The molecule has 7 heteroatoms. The van der Waals surface area contributed by atoms with Gasteiger partial charge in [-0.15, -0.1) is 6.58 Å². The highest BCUT2D eigenvalue weighted by Gasteiger charge is 2.41. The summed E-state index contributed by atoms with van der Waals surface area (Å²) in [5.41, 5.74) is 0.699. The number of aromatic hydroxyl groups is 1. The number of hydrogen-bond acceptors (Lipinski definition) is 6. The number of esters is 1. The molecule has 7 nitrogen and oxygen atoms in total. The Morgan fingerprint density at radius 1 is 1.12 bits per heavy atom. The van der Waals surface area contributed by atoms with E-state index in [1.807, 2.05) is 6.92 Å². The van der Waals surface area contributed by atoms with E-state index in [9.17, 15) is 14.7 Å². The molecule has 1 amide bonds. The summed E-state index contributed by atoms with van der Waals surface area (Å²) < 4.78 is 16.4. The predicted octanol–water partition coefficient (Wildman–Crippen LogP) is 4.96. The lowest BCUT2D eigenvalue weighted by Gasteiger charge is -2.39. The van der Waals surface area contributed by atoms with Crippen LogP contribution in [0.25, 0.3) is 0 Å². The zero-order valence-corrected chi connectivity index (χ0v) is 20.8. The highest BCUT2D eigenvalue weighted by Crippen LogP contribution is 2.44. The molecule has 34 heavy (non-hydrogen) atoms. The minimum absolute atomic E-state index is 0.0571. The summed E-state index contributed by atoms with van der Waals surface area (Å²) in [5, 5.41) is 10.6. The molecule has 1 heterocycles. The molecule has 1 saturated carbocycles. The van der Waals surface area contributed by atoms with Gasteiger partial charge in [-0.3, -0.25) is 4.79 Å². The minimum Gasteiger partial charge on any atom is -0.504 e. The van der Waals surface area contributed by atoms with Gasteiger partial charge in [-0.2, -0.15) is 0 Å². The second-order valence-electron chi connectivity index (χ2n) is 9.47. The minimum atomic E-state index is -0.589. The van der Waals surface area contributed by atoms with Crippen molar-refractivity contribution in [2.24, 2.45) is 5.92 Å². The molecule has 0 spiro atoms. The van der Waals surface area contributed by atoms with E-state index in [0.717, 1.165) is 44.9 Å². The smallest absolute Gasteiger partial charge is 0.329 e. The first-order valence-corrected chi connectivity index (χ1v) is 12.5. The first-order chi connectivity index (χ1) is 16.4. The lowest BCUT2D eigenvalue weighted by Crippen LogP contribution is -2.51. The summed E-state index contributed by atoms with van der Waals surface area (Å²) >= 11 is 0. The van der Waals surface area contributed by atoms with Crippen LogP contribution in [0.15, 0.2) is 24.8 Å². The van der Waals surface area contributed by atoms with Gasteiger partial charge in [0.25, 0.3) is 0 Å². The molecule has 0 bridgehead atoms. The molecule has 2 aliphatic rings. The highest BCUT2D eigenvalue weighted by molar-refractivity contribution is 5.89. The van der Waals surface area contributed by atoms with Gasteiger partial charge in [0.1, 0.15) is 12.1 Å². The molecule has 0 aromatic heterocycles. The summed E-state index contributed by atoms with van der Waals surface area (Å²) in [6.45, 7) is 6.07. The van der Waals surface area contributed by atoms with Gasteiger partial charge in [-0.05, 0) is 62.6 Å². The zero-order chi connectivity index (χ0) is 24.7. The second kappa shape index (κ2) is 12.1. The Morgan fingerprint density at radius 3 is 2.47 bits per heavy atom. The fourth-order valence-corrected chi connectivity index (χ4v) is 5.41. The van der Waals surface area contributed by atoms with Crippen LogP contribution < -0.4 is 9.47 Å². The Labute approximate surface area is 203 Å². The van der Waals surface area contributed by atoms with Crippen LogP contribution in [0.3, 0.4) is 0 Å². The first-order valence-electron chi connectivity index (χ1n) is 12.5. The average Bonchev–Trinajstić information content (AvgIpc) is 2.84.